The van der Waals surface area contributed by atoms with Crippen molar-refractivity contribution in [2.24, 2.45) is 0 Å². The lowest BCUT2D eigenvalue weighted by Crippen LogP contribution is -2.33. The summed E-state index contributed by atoms with van der Waals surface area (Å²) in [5.74, 6) is -0.775. The SMILES string of the molecule is CCOCCS(=O)(=O)NCC(=O)OC. The van der Waals surface area contributed by atoms with Gasteiger partial charge in [-0.1, -0.05) is 0 Å². The van der Waals surface area contributed by atoms with Crippen molar-refractivity contribution in [3.05, 3.63) is 0 Å². The number of hydrogen-bond acceptors (Lipinski definition) is 5. The van der Waals surface area contributed by atoms with Gasteiger partial charge in [-0.25, -0.2) is 13.1 Å². The van der Waals surface area contributed by atoms with Crippen molar-refractivity contribution in [1.29, 1.82) is 0 Å². The van der Waals surface area contributed by atoms with Crippen LogP contribution in [0.5, 0.6) is 0 Å². The van der Waals surface area contributed by atoms with E-state index in [2.05, 4.69) is 9.46 Å². The monoisotopic (exact) mass is 225 g/mol. The Morgan fingerprint density at radius 2 is 2.07 bits per heavy atom. The van der Waals surface area contributed by atoms with Crippen molar-refractivity contribution < 1.29 is 22.7 Å². The second kappa shape index (κ2) is 6.74. The van der Waals surface area contributed by atoms with Gasteiger partial charge in [-0.15, -0.1) is 0 Å². The zero-order valence-corrected chi connectivity index (χ0v) is 9.09. The summed E-state index contributed by atoms with van der Waals surface area (Å²) in [6, 6.07) is 0. The Morgan fingerprint density at radius 1 is 1.43 bits per heavy atom. The van der Waals surface area contributed by atoms with Crippen LogP contribution in [0.4, 0.5) is 0 Å². The van der Waals surface area contributed by atoms with Crippen molar-refractivity contribution in [3.8, 4) is 0 Å². The van der Waals surface area contributed by atoms with Gasteiger partial charge < -0.3 is 9.47 Å². The Hall–Kier alpha value is -0.660. The van der Waals surface area contributed by atoms with Crippen LogP contribution in [0.1, 0.15) is 6.92 Å². The molecule has 14 heavy (non-hydrogen) atoms. The Labute approximate surface area is 83.6 Å². The van der Waals surface area contributed by atoms with Crippen molar-refractivity contribution >= 4 is 16.0 Å². The fourth-order valence-corrected chi connectivity index (χ4v) is 1.45. The number of hydrogen-bond donors (Lipinski definition) is 1. The first-order valence-electron chi connectivity index (χ1n) is 4.13. The molecule has 0 aromatic carbocycles. The number of carbonyl (C=O) groups excluding carboxylic acids is 1. The molecule has 0 radical (unpaired) electrons. The van der Waals surface area contributed by atoms with E-state index in [-0.39, 0.29) is 18.9 Å². The van der Waals surface area contributed by atoms with E-state index in [0.717, 1.165) is 0 Å². The summed E-state index contributed by atoms with van der Waals surface area (Å²) in [7, 11) is -2.24. The van der Waals surface area contributed by atoms with Crippen LogP contribution in [0.3, 0.4) is 0 Å². The van der Waals surface area contributed by atoms with E-state index in [0.29, 0.717) is 6.61 Å². The second-order valence-electron chi connectivity index (χ2n) is 2.41. The Balaban J connectivity index is 3.78. The van der Waals surface area contributed by atoms with Crippen LogP contribution in [0.15, 0.2) is 0 Å². The molecule has 0 aromatic heterocycles. The summed E-state index contributed by atoms with van der Waals surface area (Å²) in [6.07, 6.45) is 0. The third kappa shape index (κ3) is 6.81. The van der Waals surface area contributed by atoms with E-state index >= 15 is 0 Å². The minimum atomic E-state index is -3.43. The van der Waals surface area contributed by atoms with E-state index in [9.17, 15) is 13.2 Å². The van der Waals surface area contributed by atoms with Gasteiger partial charge in [-0.2, -0.15) is 0 Å². The number of sulfonamides is 1. The lowest BCUT2D eigenvalue weighted by Gasteiger charge is -2.05. The first-order valence-corrected chi connectivity index (χ1v) is 5.79. The highest BCUT2D eigenvalue weighted by Crippen LogP contribution is 1.85. The number of rotatable bonds is 7. The maximum Gasteiger partial charge on any atom is 0.320 e. The van der Waals surface area contributed by atoms with E-state index < -0.39 is 16.0 Å². The van der Waals surface area contributed by atoms with Crippen molar-refractivity contribution in [2.75, 3.05) is 32.6 Å². The van der Waals surface area contributed by atoms with Crippen molar-refractivity contribution in [3.63, 3.8) is 0 Å². The summed E-state index contributed by atoms with van der Waals surface area (Å²) in [5, 5.41) is 0. The lowest BCUT2D eigenvalue weighted by atomic mass is 10.7. The van der Waals surface area contributed by atoms with E-state index in [1.807, 2.05) is 0 Å². The van der Waals surface area contributed by atoms with Crippen molar-refractivity contribution in [2.45, 2.75) is 6.92 Å². The summed E-state index contributed by atoms with van der Waals surface area (Å²) in [5.41, 5.74) is 0. The topological polar surface area (TPSA) is 81.7 Å². The maximum absolute atomic E-state index is 11.1. The van der Waals surface area contributed by atoms with Crippen LogP contribution < -0.4 is 4.72 Å². The highest BCUT2D eigenvalue weighted by molar-refractivity contribution is 7.89. The molecule has 0 saturated carbocycles. The molecule has 1 N–H and O–H groups in total. The molecule has 0 bridgehead atoms. The molecule has 0 saturated heterocycles. The molecule has 0 aliphatic rings. The second-order valence-corrected chi connectivity index (χ2v) is 4.34. The minimum absolute atomic E-state index is 0.118. The molecular formula is C7H15NO5S. The predicted octanol–water partition coefficient (Wildman–Crippen LogP) is -0.885. The Kier molecular flexibility index (Phi) is 6.43. The van der Waals surface area contributed by atoms with E-state index in [1.54, 1.807) is 6.92 Å². The molecule has 0 atom stereocenters. The molecule has 0 aliphatic heterocycles. The molecule has 0 heterocycles. The summed E-state index contributed by atoms with van der Waals surface area (Å²) < 4.78 is 33.5. The van der Waals surface area contributed by atoms with Gasteiger partial charge in [-0.05, 0) is 6.92 Å². The molecule has 0 aliphatic carbocycles. The third-order valence-corrected chi connectivity index (χ3v) is 2.65. The number of ether oxygens (including phenoxy) is 2. The largest absolute Gasteiger partial charge is 0.468 e. The highest BCUT2D eigenvalue weighted by Gasteiger charge is 2.11. The van der Waals surface area contributed by atoms with Gasteiger partial charge >= 0.3 is 5.97 Å². The van der Waals surface area contributed by atoms with Gasteiger partial charge in [0.05, 0.1) is 19.5 Å². The summed E-state index contributed by atoms with van der Waals surface area (Å²) >= 11 is 0. The van der Waals surface area contributed by atoms with Crippen molar-refractivity contribution in [1.82, 2.24) is 4.72 Å². The van der Waals surface area contributed by atoms with E-state index in [4.69, 9.17) is 4.74 Å². The first kappa shape index (κ1) is 13.3. The normalized spacial score (nSPS) is 11.3. The average molecular weight is 225 g/mol. The molecule has 0 amide bonds. The van der Waals surface area contributed by atoms with E-state index in [1.165, 1.54) is 7.11 Å². The Morgan fingerprint density at radius 3 is 2.57 bits per heavy atom. The Bertz CT molecular complexity index is 261. The van der Waals surface area contributed by atoms with Crippen LogP contribution in [0.2, 0.25) is 0 Å². The van der Waals surface area contributed by atoms with Gasteiger partial charge in [-0.3, -0.25) is 4.79 Å². The van der Waals surface area contributed by atoms with Gasteiger partial charge in [0.1, 0.15) is 6.54 Å². The first-order chi connectivity index (χ1) is 6.52. The van der Waals surface area contributed by atoms with Crippen LogP contribution in [0.25, 0.3) is 0 Å². The van der Waals surface area contributed by atoms with Gasteiger partial charge in [0, 0.05) is 6.61 Å². The molecule has 7 heteroatoms. The fraction of sp³-hybridized carbons (Fsp3) is 0.857. The predicted molar refractivity (Wildman–Crippen MR) is 50.3 cm³/mol. The van der Waals surface area contributed by atoms with Crippen LogP contribution >= 0.6 is 0 Å². The average Bonchev–Trinajstić information content (AvgIpc) is 2.14. The van der Waals surface area contributed by atoms with Crippen LogP contribution in [-0.4, -0.2) is 47.0 Å². The molecule has 0 rings (SSSR count). The third-order valence-electron chi connectivity index (χ3n) is 1.36. The molecule has 0 unspecified atom stereocenters. The van der Waals surface area contributed by atoms with Crippen LogP contribution in [0, 0.1) is 0 Å². The fourth-order valence-electron chi connectivity index (χ4n) is 0.626. The quantitative estimate of drug-likeness (QED) is 0.449. The zero-order chi connectivity index (χ0) is 11.0. The van der Waals surface area contributed by atoms with Gasteiger partial charge in [0.15, 0.2) is 0 Å². The maximum atomic E-state index is 11.1. The molecule has 0 aromatic rings. The number of methoxy groups -OCH3 is 1. The van der Waals surface area contributed by atoms with Gasteiger partial charge in [0.2, 0.25) is 10.0 Å². The molecular weight excluding hydrogens is 210 g/mol. The molecule has 0 fully saturated rings. The number of nitrogens with one attached hydrogen (secondary N) is 1. The number of esters is 1. The molecule has 84 valence electrons. The summed E-state index contributed by atoms with van der Waals surface area (Å²) in [6.45, 7) is 2.01. The zero-order valence-electron chi connectivity index (χ0n) is 8.28. The minimum Gasteiger partial charge on any atom is -0.468 e. The van der Waals surface area contributed by atoms with Gasteiger partial charge in [0.25, 0.3) is 0 Å². The summed E-state index contributed by atoms with van der Waals surface area (Å²) in [4.78, 5) is 10.6. The lowest BCUT2D eigenvalue weighted by molar-refractivity contribution is -0.139. The highest BCUT2D eigenvalue weighted by atomic mass is 32.2. The molecule has 0 spiro atoms. The van der Waals surface area contributed by atoms with Crippen LogP contribution in [-0.2, 0) is 24.3 Å². The number of carbonyl (C=O) groups is 1. The smallest absolute Gasteiger partial charge is 0.320 e. The molecule has 6 nitrogen and oxygen atoms in total. The standard InChI is InChI=1S/C7H15NO5S/c1-3-13-4-5-14(10,11)8-6-7(9)12-2/h8H,3-6H2,1-2H3.